The Hall–Kier alpha value is -1.53. The molecule has 0 radical (unpaired) electrons. The van der Waals surface area contributed by atoms with Gasteiger partial charge in [0.1, 0.15) is 11.6 Å². The van der Waals surface area contributed by atoms with Gasteiger partial charge in [-0.1, -0.05) is 6.07 Å². The van der Waals surface area contributed by atoms with Gasteiger partial charge in [-0.05, 0) is 18.6 Å². The Morgan fingerprint density at radius 1 is 1.29 bits per heavy atom. The lowest BCUT2D eigenvalue weighted by Crippen LogP contribution is -2.34. The van der Waals surface area contributed by atoms with E-state index in [-0.39, 0.29) is 23.3 Å². The van der Waals surface area contributed by atoms with Gasteiger partial charge >= 0.3 is 0 Å². The Balaban J connectivity index is 1.74. The number of nitrogens with one attached hydrogen (secondary N) is 2. The average Bonchev–Trinajstić information content (AvgIpc) is 3.22. The number of carbonyl (C=O) groups excluding carboxylic acids is 1. The molecule has 2 atom stereocenters. The largest absolute Gasteiger partial charge is 0.383 e. The van der Waals surface area contributed by atoms with Crippen LogP contribution in [0.5, 0.6) is 0 Å². The number of ether oxygens (including phenoxy) is 1. The van der Waals surface area contributed by atoms with Gasteiger partial charge < -0.3 is 15.4 Å². The summed E-state index contributed by atoms with van der Waals surface area (Å²) in [5.74, 6) is -1.95. The first kappa shape index (κ1) is 15.9. The smallest absolute Gasteiger partial charge is 0.223 e. The molecule has 1 aliphatic carbocycles. The van der Waals surface area contributed by atoms with E-state index < -0.39 is 11.6 Å². The number of hydrogen-bond donors (Lipinski definition) is 2. The fourth-order valence-electron chi connectivity index (χ4n) is 2.37. The van der Waals surface area contributed by atoms with E-state index in [1.807, 2.05) is 0 Å². The van der Waals surface area contributed by atoms with Gasteiger partial charge in [0.15, 0.2) is 0 Å². The second kappa shape index (κ2) is 7.47. The summed E-state index contributed by atoms with van der Waals surface area (Å²) in [6.45, 7) is 2.47. The van der Waals surface area contributed by atoms with Gasteiger partial charge in [0, 0.05) is 44.1 Å². The fourth-order valence-corrected chi connectivity index (χ4v) is 2.37. The first-order valence-electron chi connectivity index (χ1n) is 7.06. The molecule has 0 spiro atoms. The van der Waals surface area contributed by atoms with Crippen LogP contribution in [0, 0.1) is 17.6 Å². The molecule has 4 nitrogen and oxygen atoms in total. The Labute approximate surface area is 122 Å². The van der Waals surface area contributed by atoms with Gasteiger partial charge in [0.2, 0.25) is 5.91 Å². The summed E-state index contributed by atoms with van der Waals surface area (Å²) in [4.78, 5) is 11.9. The fraction of sp³-hybridized carbons (Fsp3) is 0.533. The molecule has 1 amide bonds. The Morgan fingerprint density at radius 2 is 2.00 bits per heavy atom. The second-order valence-corrected chi connectivity index (χ2v) is 5.12. The molecule has 0 saturated heterocycles. The molecule has 0 heterocycles. The maximum Gasteiger partial charge on any atom is 0.223 e. The van der Waals surface area contributed by atoms with Crippen LogP contribution in [0.25, 0.3) is 0 Å². The van der Waals surface area contributed by atoms with Crippen LogP contribution in [0.3, 0.4) is 0 Å². The molecule has 6 heteroatoms. The second-order valence-electron chi connectivity index (χ2n) is 5.12. The molecular formula is C15H20F2N2O2. The highest BCUT2D eigenvalue weighted by atomic mass is 19.1. The summed E-state index contributed by atoms with van der Waals surface area (Å²) in [6.07, 6.45) is 0.501. The van der Waals surface area contributed by atoms with Crippen molar-refractivity contribution in [2.75, 3.05) is 33.4 Å². The highest BCUT2D eigenvalue weighted by Gasteiger charge is 2.46. The maximum atomic E-state index is 13.6. The summed E-state index contributed by atoms with van der Waals surface area (Å²) in [5.41, 5.74) is 0.0378. The number of carbonyl (C=O) groups is 1. The minimum atomic E-state index is -0.573. The van der Waals surface area contributed by atoms with Crippen LogP contribution in [0.2, 0.25) is 0 Å². The van der Waals surface area contributed by atoms with Crippen molar-refractivity contribution in [2.45, 2.75) is 12.3 Å². The van der Waals surface area contributed by atoms with Crippen LogP contribution in [-0.4, -0.2) is 39.3 Å². The third-order valence-corrected chi connectivity index (χ3v) is 3.58. The normalized spacial score (nSPS) is 20.3. The zero-order valence-corrected chi connectivity index (χ0v) is 12.0. The SMILES string of the molecule is COCCNCCNC(=O)C1CC1c1c(F)cccc1F. The van der Waals surface area contributed by atoms with Gasteiger partial charge in [-0.3, -0.25) is 4.79 Å². The highest BCUT2D eigenvalue weighted by molar-refractivity contribution is 5.82. The van der Waals surface area contributed by atoms with E-state index in [1.165, 1.54) is 18.2 Å². The summed E-state index contributed by atoms with van der Waals surface area (Å²) >= 11 is 0. The van der Waals surface area contributed by atoms with Crippen LogP contribution in [0.1, 0.15) is 17.9 Å². The van der Waals surface area contributed by atoms with Crippen molar-refractivity contribution >= 4 is 5.91 Å². The van der Waals surface area contributed by atoms with Gasteiger partial charge in [-0.15, -0.1) is 0 Å². The van der Waals surface area contributed by atoms with Gasteiger partial charge in [0.25, 0.3) is 0 Å². The minimum Gasteiger partial charge on any atom is -0.383 e. The third kappa shape index (κ3) is 4.22. The van der Waals surface area contributed by atoms with Gasteiger partial charge in [-0.2, -0.15) is 0 Å². The summed E-state index contributed by atoms with van der Waals surface area (Å²) in [6, 6.07) is 3.79. The molecular weight excluding hydrogens is 278 g/mol. The lowest BCUT2D eigenvalue weighted by molar-refractivity contribution is -0.122. The molecule has 0 bridgehead atoms. The van der Waals surface area contributed by atoms with Crippen molar-refractivity contribution in [2.24, 2.45) is 5.92 Å². The average molecular weight is 298 g/mol. The monoisotopic (exact) mass is 298 g/mol. The van der Waals surface area contributed by atoms with Crippen LogP contribution in [0.4, 0.5) is 8.78 Å². The Morgan fingerprint density at radius 3 is 2.67 bits per heavy atom. The van der Waals surface area contributed by atoms with E-state index in [2.05, 4.69) is 10.6 Å². The zero-order chi connectivity index (χ0) is 15.2. The first-order chi connectivity index (χ1) is 10.1. The predicted octanol–water partition coefficient (Wildman–Crippen LogP) is 1.42. The molecule has 1 fully saturated rings. The van der Waals surface area contributed by atoms with Crippen LogP contribution >= 0.6 is 0 Å². The lowest BCUT2D eigenvalue weighted by atomic mass is 10.1. The maximum absolute atomic E-state index is 13.6. The van der Waals surface area contributed by atoms with Crippen molar-refractivity contribution in [1.82, 2.24) is 10.6 Å². The molecule has 2 rings (SSSR count). The summed E-state index contributed by atoms with van der Waals surface area (Å²) in [5, 5.41) is 5.88. The van der Waals surface area contributed by atoms with Crippen LogP contribution in [0.15, 0.2) is 18.2 Å². The number of rotatable bonds is 8. The molecule has 1 aromatic rings. The molecule has 0 aliphatic heterocycles. The Bertz CT molecular complexity index is 476. The van der Waals surface area contributed by atoms with Crippen molar-refractivity contribution in [1.29, 1.82) is 0 Å². The van der Waals surface area contributed by atoms with Crippen molar-refractivity contribution in [3.63, 3.8) is 0 Å². The van der Waals surface area contributed by atoms with Crippen molar-refractivity contribution < 1.29 is 18.3 Å². The number of benzene rings is 1. The molecule has 21 heavy (non-hydrogen) atoms. The number of halogens is 2. The van der Waals surface area contributed by atoms with Crippen molar-refractivity contribution in [3.05, 3.63) is 35.4 Å². The van der Waals surface area contributed by atoms with Crippen LogP contribution < -0.4 is 10.6 Å². The van der Waals surface area contributed by atoms with E-state index in [1.54, 1.807) is 7.11 Å². The standard InChI is InChI=1S/C15H20F2N2O2/c1-21-8-7-18-5-6-19-15(20)11-9-10(11)14-12(16)3-2-4-13(14)17/h2-4,10-11,18H,5-9H2,1H3,(H,19,20). The lowest BCUT2D eigenvalue weighted by Gasteiger charge is -2.07. The van der Waals surface area contributed by atoms with Gasteiger partial charge in [-0.25, -0.2) is 8.78 Å². The minimum absolute atomic E-state index is 0.0378. The van der Waals surface area contributed by atoms with E-state index in [0.717, 1.165) is 6.54 Å². The van der Waals surface area contributed by atoms with E-state index in [4.69, 9.17) is 4.74 Å². The molecule has 2 N–H and O–H groups in total. The van der Waals surface area contributed by atoms with Crippen molar-refractivity contribution in [3.8, 4) is 0 Å². The van der Waals surface area contributed by atoms with E-state index in [0.29, 0.717) is 26.1 Å². The Kier molecular flexibility index (Phi) is 5.64. The molecule has 1 saturated carbocycles. The number of amides is 1. The topological polar surface area (TPSA) is 50.4 Å². The highest BCUT2D eigenvalue weighted by Crippen LogP contribution is 2.49. The van der Waals surface area contributed by atoms with Crippen LogP contribution in [-0.2, 0) is 9.53 Å². The van der Waals surface area contributed by atoms with E-state index in [9.17, 15) is 13.6 Å². The summed E-state index contributed by atoms with van der Waals surface area (Å²) < 4.78 is 32.1. The summed E-state index contributed by atoms with van der Waals surface area (Å²) in [7, 11) is 1.62. The zero-order valence-electron chi connectivity index (χ0n) is 12.0. The number of hydrogen-bond acceptors (Lipinski definition) is 3. The molecule has 2 unspecified atom stereocenters. The van der Waals surface area contributed by atoms with Gasteiger partial charge in [0.05, 0.1) is 6.61 Å². The third-order valence-electron chi connectivity index (χ3n) is 3.58. The molecule has 0 aromatic heterocycles. The van der Waals surface area contributed by atoms with E-state index >= 15 is 0 Å². The predicted molar refractivity (Wildman–Crippen MR) is 75.0 cm³/mol. The first-order valence-corrected chi connectivity index (χ1v) is 7.06. The molecule has 1 aliphatic rings. The number of methoxy groups -OCH3 is 1. The molecule has 1 aromatic carbocycles. The quantitative estimate of drug-likeness (QED) is 0.714. The molecule has 116 valence electrons.